The molecule has 1 aromatic rings. The van der Waals surface area contributed by atoms with Crippen LogP contribution in [0.5, 0.6) is 0 Å². The van der Waals surface area contributed by atoms with E-state index in [0.717, 1.165) is 10.5 Å². The highest BCUT2D eigenvalue weighted by Crippen LogP contribution is 2.55. The molecule has 1 aromatic carbocycles. The molecule has 1 N–H and O–H groups in total. The number of carbonyl (C=O) groups is 2. The highest BCUT2D eigenvalue weighted by Gasteiger charge is 2.70. The Balaban J connectivity index is 2.54. The van der Waals surface area contributed by atoms with Crippen LogP contribution in [-0.2, 0) is 14.3 Å². The monoisotopic (exact) mass is 335 g/mol. The summed E-state index contributed by atoms with van der Waals surface area (Å²) in [4.78, 5) is 25.3. The van der Waals surface area contributed by atoms with Gasteiger partial charge in [0.2, 0.25) is 0 Å². The Kier molecular flexibility index (Phi) is 5.01. The van der Waals surface area contributed by atoms with E-state index in [1.54, 1.807) is 6.92 Å². The lowest BCUT2D eigenvalue weighted by Gasteiger charge is -2.59. The van der Waals surface area contributed by atoms with E-state index in [0.29, 0.717) is 6.61 Å². The molecule has 0 saturated carbocycles. The zero-order valence-corrected chi connectivity index (χ0v) is 14.8. The topological polar surface area (TPSA) is 76.1 Å². The van der Waals surface area contributed by atoms with E-state index in [9.17, 15) is 14.7 Å². The second-order valence-electron chi connectivity index (χ2n) is 6.90. The van der Waals surface area contributed by atoms with E-state index in [1.165, 1.54) is 0 Å². The summed E-state index contributed by atoms with van der Waals surface area (Å²) in [5.41, 5.74) is -1.21. The Morgan fingerprint density at radius 2 is 1.92 bits per heavy atom. The molecule has 6 heteroatoms. The molecule has 1 saturated heterocycles. The normalized spacial score (nSPS) is 25.3. The van der Waals surface area contributed by atoms with Crippen LogP contribution in [0.2, 0.25) is 0 Å². The number of nitrogens with zero attached hydrogens (tertiary/aromatic N) is 1. The summed E-state index contributed by atoms with van der Waals surface area (Å²) in [5, 5.41) is 9.49. The molecule has 2 rings (SSSR count). The zero-order valence-electron chi connectivity index (χ0n) is 14.8. The summed E-state index contributed by atoms with van der Waals surface area (Å²) in [6.45, 7) is 9.62. The summed E-state index contributed by atoms with van der Waals surface area (Å²) in [5.74, 6) is -0.553. The lowest BCUT2D eigenvalue weighted by Crippen LogP contribution is -2.76. The third-order valence-electron chi connectivity index (χ3n) is 4.37. The Labute approximate surface area is 142 Å². The Hall–Kier alpha value is -1.92. The summed E-state index contributed by atoms with van der Waals surface area (Å²) in [7, 11) is 0. The van der Waals surface area contributed by atoms with Gasteiger partial charge in [0.25, 0.3) is 5.91 Å². The van der Waals surface area contributed by atoms with Gasteiger partial charge in [-0.25, -0.2) is 9.69 Å². The number of hydrogen-bond donors (Lipinski definition) is 1. The van der Waals surface area contributed by atoms with Crippen LogP contribution in [0.3, 0.4) is 0 Å². The van der Waals surface area contributed by atoms with Gasteiger partial charge in [-0.2, -0.15) is 0 Å². The molecule has 3 atom stereocenters. The summed E-state index contributed by atoms with van der Waals surface area (Å²) < 4.78 is 11.5. The molecule has 3 unspecified atom stereocenters. The number of ether oxygens (including phenoxy) is 2. The molecule has 1 aliphatic heterocycles. The van der Waals surface area contributed by atoms with Crippen LogP contribution in [0.4, 0.5) is 4.79 Å². The molecule has 24 heavy (non-hydrogen) atoms. The Bertz CT molecular complexity index is 610. The van der Waals surface area contributed by atoms with E-state index < -0.39 is 35.3 Å². The number of β-lactam (4-membered cyclic amide) rings is 1. The number of carboxylic acid groups (broad SMARTS) is 1. The van der Waals surface area contributed by atoms with Gasteiger partial charge in [0.15, 0.2) is 11.9 Å². The molecule has 0 bridgehead atoms. The fourth-order valence-electron chi connectivity index (χ4n) is 3.30. The maximum atomic E-state index is 12.9. The molecule has 1 fully saturated rings. The molecule has 1 aliphatic rings. The van der Waals surface area contributed by atoms with Gasteiger partial charge in [0.05, 0.1) is 0 Å². The minimum Gasteiger partial charge on any atom is -0.465 e. The van der Waals surface area contributed by atoms with Crippen molar-refractivity contribution in [3.05, 3.63) is 35.9 Å². The fraction of sp³-hybridized carbons (Fsp3) is 0.556. The van der Waals surface area contributed by atoms with Crippen LogP contribution in [0.1, 0.15) is 46.2 Å². The quantitative estimate of drug-likeness (QED) is 0.659. The fourth-order valence-corrected chi connectivity index (χ4v) is 3.30. The minimum atomic E-state index is -1.30. The molecule has 0 radical (unpaired) electrons. The number of rotatable bonds is 5. The minimum absolute atomic E-state index is 0.439. The van der Waals surface area contributed by atoms with Crippen molar-refractivity contribution in [2.45, 2.75) is 52.6 Å². The highest BCUT2D eigenvalue weighted by molar-refractivity contribution is 6.04. The van der Waals surface area contributed by atoms with Gasteiger partial charge in [0.1, 0.15) is 6.04 Å². The Morgan fingerprint density at radius 1 is 1.33 bits per heavy atom. The predicted octanol–water partition coefficient (Wildman–Crippen LogP) is 3.43. The van der Waals surface area contributed by atoms with Gasteiger partial charge >= 0.3 is 6.09 Å². The molecule has 132 valence electrons. The van der Waals surface area contributed by atoms with Crippen LogP contribution < -0.4 is 0 Å². The second kappa shape index (κ2) is 6.53. The van der Waals surface area contributed by atoms with Crippen LogP contribution in [-0.4, -0.2) is 40.5 Å². The van der Waals surface area contributed by atoms with Crippen LogP contribution >= 0.6 is 0 Å². The van der Waals surface area contributed by atoms with Gasteiger partial charge in [-0.15, -0.1) is 0 Å². The zero-order chi connectivity index (χ0) is 18.1. The predicted molar refractivity (Wildman–Crippen MR) is 88.4 cm³/mol. The van der Waals surface area contributed by atoms with Crippen molar-refractivity contribution in [1.82, 2.24) is 4.90 Å². The molecule has 6 nitrogen and oxygen atoms in total. The van der Waals surface area contributed by atoms with Crippen molar-refractivity contribution in [2.24, 2.45) is 5.41 Å². The van der Waals surface area contributed by atoms with Gasteiger partial charge in [-0.05, 0) is 19.4 Å². The molecule has 0 aliphatic carbocycles. The van der Waals surface area contributed by atoms with Gasteiger partial charge in [0, 0.05) is 12.0 Å². The summed E-state index contributed by atoms with van der Waals surface area (Å²) in [6, 6.07) is 8.38. The van der Waals surface area contributed by atoms with Crippen molar-refractivity contribution < 1.29 is 24.2 Å². The van der Waals surface area contributed by atoms with Crippen LogP contribution in [0.25, 0.3) is 0 Å². The van der Waals surface area contributed by atoms with Gasteiger partial charge in [-0.3, -0.25) is 4.79 Å². The van der Waals surface area contributed by atoms with Crippen molar-refractivity contribution in [3.8, 4) is 0 Å². The van der Waals surface area contributed by atoms with E-state index in [-0.39, 0.29) is 0 Å². The lowest BCUT2D eigenvalue weighted by molar-refractivity contribution is -0.277. The number of imide groups is 1. The maximum absolute atomic E-state index is 12.9. The number of amides is 2. The number of hydrogen-bond acceptors (Lipinski definition) is 4. The summed E-state index contributed by atoms with van der Waals surface area (Å²) in [6.07, 6.45) is -1.90. The van der Waals surface area contributed by atoms with Crippen molar-refractivity contribution in [1.29, 1.82) is 0 Å². The molecule has 1 heterocycles. The molecule has 2 amide bonds. The first kappa shape index (κ1) is 18.4. The third-order valence-corrected chi connectivity index (χ3v) is 4.37. The third kappa shape index (κ3) is 2.80. The van der Waals surface area contributed by atoms with Crippen molar-refractivity contribution in [2.75, 3.05) is 6.61 Å². The van der Waals surface area contributed by atoms with E-state index in [4.69, 9.17) is 9.47 Å². The largest absolute Gasteiger partial charge is 0.465 e. The molecular formula is C18H25NO5. The van der Waals surface area contributed by atoms with Gasteiger partial charge < -0.3 is 14.6 Å². The number of benzene rings is 1. The number of likely N-dealkylation sites (tertiary alicyclic amines) is 1. The maximum Gasteiger partial charge on any atom is 0.414 e. The first-order chi connectivity index (χ1) is 11.2. The van der Waals surface area contributed by atoms with E-state index >= 15 is 0 Å². The van der Waals surface area contributed by atoms with Crippen molar-refractivity contribution >= 4 is 12.0 Å². The van der Waals surface area contributed by atoms with E-state index in [1.807, 2.05) is 58.0 Å². The first-order valence-electron chi connectivity index (χ1n) is 8.07. The first-order valence-corrected chi connectivity index (χ1v) is 8.07. The average Bonchev–Trinajstić information content (AvgIpc) is 2.49. The van der Waals surface area contributed by atoms with Gasteiger partial charge in [-0.1, -0.05) is 51.1 Å². The van der Waals surface area contributed by atoms with Crippen LogP contribution in [0, 0.1) is 5.41 Å². The SMILES string of the molecule is CCOC(C)OC1(C(C)(C)C)C(=O)N(C(=O)O)C1c1ccccc1. The standard InChI is InChI=1S/C18H25NO5/c1-6-23-12(2)24-18(17(3,4)5)14(13-10-8-7-9-11-13)19(15(18)20)16(21)22/h7-12,14H,6H2,1-5H3,(H,21,22). The second-order valence-corrected chi connectivity index (χ2v) is 6.90. The molecule has 0 aromatic heterocycles. The Morgan fingerprint density at radius 3 is 2.38 bits per heavy atom. The van der Waals surface area contributed by atoms with Crippen molar-refractivity contribution in [3.63, 3.8) is 0 Å². The smallest absolute Gasteiger partial charge is 0.414 e. The number of carbonyl (C=O) groups excluding carboxylic acids is 1. The van der Waals surface area contributed by atoms with E-state index in [2.05, 4.69) is 0 Å². The average molecular weight is 335 g/mol. The molecule has 0 spiro atoms. The highest BCUT2D eigenvalue weighted by atomic mass is 16.7. The molecular weight excluding hydrogens is 310 g/mol. The lowest BCUT2D eigenvalue weighted by atomic mass is 9.63. The summed E-state index contributed by atoms with van der Waals surface area (Å²) >= 11 is 0. The van der Waals surface area contributed by atoms with Crippen LogP contribution in [0.15, 0.2) is 30.3 Å².